The Morgan fingerprint density at radius 1 is 1.43 bits per heavy atom. The molecule has 120 valence electrons. The average Bonchev–Trinajstić information content (AvgIpc) is 2.98. The summed E-state index contributed by atoms with van der Waals surface area (Å²) in [6.07, 6.45) is 1.33. The third kappa shape index (κ3) is 5.35. The highest BCUT2D eigenvalue weighted by Crippen LogP contribution is 2.34. The maximum absolute atomic E-state index is 4.77. The van der Waals surface area contributed by atoms with E-state index in [0.29, 0.717) is 11.3 Å². The van der Waals surface area contributed by atoms with Crippen LogP contribution in [0.3, 0.4) is 0 Å². The maximum Gasteiger partial charge on any atom is 0.107 e. The predicted octanol–water partition coefficient (Wildman–Crippen LogP) is 3.76. The second-order valence-electron chi connectivity index (χ2n) is 7.84. The van der Waals surface area contributed by atoms with Gasteiger partial charge in [0.1, 0.15) is 5.01 Å². The molecule has 1 saturated heterocycles. The summed E-state index contributed by atoms with van der Waals surface area (Å²) in [5.74, 6) is 1.52. The summed E-state index contributed by atoms with van der Waals surface area (Å²) in [7, 11) is 0. The van der Waals surface area contributed by atoms with Crippen molar-refractivity contribution in [2.24, 2.45) is 17.3 Å². The van der Waals surface area contributed by atoms with E-state index >= 15 is 0 Å². The standard InChI is InChI=1S/C17H31N3S/c1-13(2)8-18-9-16-19-15(12-21-16)11-20-7-6-14(10-20)17(3,4)5/h12-14,18H,6-11H2,1-5H3. The van der Waals surface area contributed by atoms with Crippen LogP contribution in [0.4, 0.5) is 0 Å². The average molecular weight is 310 g/mol. The number of thiazole rings is 1. The molecule has 1 aliphatic rings. The van der Waals surface area contributed by atoms with Gasteiger partial charge in [0.2, 0.25) is 0 Å². The number of nitrogens with one attached hydrogen (secondary N) is 1. The Bertz CT molecular complexity index is 433. The summed E-state index contributed by atoms with van der Waals surface area (Å²) in [6.45, 7) is 17.0. The van der Waals surface area contributed by atoms with Gasteiger partial charge in [0.05, 0.1) is 5.69 Å². The summed E-state index contributed by atoms with van der Waals surface area (Å²) in [5.41, 5.74) is 1.68. The van der Waals surface area contributed by atoms with Crippen LogP contribution in [0.2, 0.25) is 0 Å². The van der Waals surface area contributed by atoms with Crippen molar-refractivity contribution in [2.45, 2.75) is 54.1 Å². The SMILES string of the molecule is CC(C)CNCc1nc(CN2CCC(C(C)(C)C)C2)cs1. The molecule has 0 aliphatic carbocycles. The highest BCUT2D eigenvalue weighted by Gasteiger charge is 2.31. The van der Waals surface area contributed by atoms with Crippen LogP contribution in [0.1, 0.15) is 51.7 Å². The van der Waals surface area contributed by atoms with E-state index in [0.717, 1.165) is 25.6 Å². The number of hydrogen-bond acceptors (Lipinski definition) is 4. The Balaban J connectivity index is 1.78. The quantitative estimate of drug-likeness (QED) is 0.867. The molecule has 0 saturated carbocycles. The molecular weight excluding hydrogens is 278 g/mol. The molecule has 1 aromatic rings. The van der Waals surface area contributed by atoms with E-state index in [-0.39, 0.29) is 0 Å². The van der Waals surface area contributed by atoms with Gasteiger partial charge < -0.3 is 5.32 Å². The lowest BCUT2D eigenvalue weighted by Gasteiger charge is -2.26. The first-order chi connectivity index (χ1) is 9.84. The van der Waals surface area contributed by atoms with Gasteiger partial charge in [-0.15, -0.1) is 11.3 Å². The van der Waals surface area contributed by atoms with E-state index in [4.69, 9.17) is 4.98 Å². The molecule has 3 nitrogen and oxygen atoms in total. The molecule has 1 unspecified atom stereocenters. The van der Waals surface area contributed by atoms with E-state index in [9.17, 15) is 0 Å². The molecule has 0 radical (unpaired) electrons. The lowest BCUT2D eigenvalue weighted by molar-refractivity contribution is 0.225. The van der Waals surface area contributed by atoms with Crippen molar-refractivity contribution in [3.05, 3.63) is 16.1 Å². The summed E-state index contributed by atoms with van der Waals surface area (Å²) in [4.78, 5) is 7.34. The molecule has 0 aromatic carbocycles. The van der Waals surface area contributed by atoms with Crippen LogP contribution in [-0.2, 0) is 13.1 Å². The minimum atomic E-state index is 0.433. The van der Waals surface area contributed by atoms with Gasteiger partial charge in [-0.3, -0.25) is 4.90 Å². The monoisotopic (exact) mass is 309 g/mol. The van der Waals surface area contributed by atoms with Gasteiger partial charge in [0.25, 0.3) is 0 Å². The molecule has 2 heterocycles. The number of aromatic nitrogens is 1. The van der Waals surface area contributed by atoms with Crippen molar-refractivity contribution in [1.29, 1.82) is 0 Å². The molecule has 1 fully saturated rings. The molecular formula is C17H31N3S. The molecule has 0 spiro atoms. The molecule has 1 N–H and O–H groups in total. The van der Waals surface area contributed by atoms with Crippen LogP contribution in [0, 0.1) is 17.3 Å². The van der Waals surface area contributed by atoms with Crippen molar-refractivity contribution in [3.63, 3.8) is 0 Å². The predicted molar refractivity (Wildman–Crippen MR) is 91.5 cm³/mol. The van der Waals surface area contributed by atoms with E-state index in [1.54, 1.807) is 11.3 Å². The van der Waals surface area contributed by atoms with Crippen molar-refractivity contribution >= 4 is 11.3 Å². The molecule has 1 aromatic heterocycles. The number of rotatable bonds is 6. The highest BCUT2D eigenvalue weighted by molar-refractivity contribution is 7.09. The van der Waals surface area contributed by atoms with Crippen LogP contribution in [-0.4, -0.2) is 29.5 Å². The summed E-state index contributed by atoms with van der Waals surface area (Å²) < 4.78 is 0. The smallest absolute Gasteiger partial charge is 0.107 e. The minimum absolute atomic E-state index is 0.433. The minimum Gasteiger partial charge on any atom is -0.310 e. The number of likely N-dealkylation sites (tertiary alicyclic amines) is 1. The van der Waals surface area contributed by atoms with Crippen molar-refractivity contribution in [2.75, 3.05) is 19.6 Å². The number of nitrogens with zero attached hydrogens (tertiary/aromatic N) is 2. The molecule has 0 amide bonds. The van der Waals surface area contributed by atoms with Gasteiger partial charge in [-0.1, -0.05) is 34.6 Å². The van der Waals surface area contributed by atoms with Gasteiger partial charge >= 0.3 is 0 Å². The Morgan fingerprint density at radius 2 is 2.19 bits per heavy atom. The fourth-order valence-electron chi connectivity index (χ4n) is 2.88. The summed E-state index contributed by atoms with van der Waals surface area (Å²) in [6, 6.07) is 0. The fourth-order valence-corrected chi connectivity index (χ4v) is 3.64. The topological polar surface area (TPSA) is 28.2 Å². The van der Waals surface area contributed by atoms with Crippen molar-refractivity contribution in [1.82, 2.24) is 15.2 Å². The van der Waals surface area contributed by atoms with Crippen LogP contribution in [0.5, 0.6) is 0 Å². The number of hydrogen-bond donors (Lipinski definition) is 1. The van der Waals surface area contributed by atoms with E-state index in [2.05, 4.69) is 50.2 Å². The molecule has 1 aliphatic heterocycles. The summed E-state index contributed by atoms with van der Waals surface area (Å²) in [5, 5.41) is 6.92. The molecule has 21 heavy (non-hydrogen) atoms. The lowest BCUT2D eigenvalue weighted by atomic mass is 9.80. The Kier molecular flexibility index (Phi) is 5.81. The Labute approximate surface area is 134 Å². The van der Waals surface area contributed by atoms with E-state index in [1.165, 1.54) is 30.2 Å². The summed E-state index contributed by atoms with van der Waals surface area (Å²) >= 11 is 1.79. The maximum atomic E-state index is 4.77. The van der Waals surface area contributed by atoms with Gasteiger partial charge in [0, 0.05) is 25.0 Å². The first kappa shape index (κ1) is 16.9. The largest absolute Gasteiger partial charge is 0.310 e. The second kappa shape index (κ2) is 7.21. The second-order valence-corrected chi connectivity index (χ2v) is 8.79. The van der Waals surface area contributed by atoms with Crippen LogP contribution in [0.15, 0.2) is 5.38 Å². The van der Waals surface area contributed by atoms with E-state index in [1.807, 2.05) is 0 Å². The third-order valence-electron chi connectivity index (χ3n) is 4.31. The fraction of sp³-hybridized carbons (Fsp3) is 0.824. The van der Waals surface area contributed by atoms with Crippen LogP contribution < -0.4 is 5.32 Å². The molecule has 0 bridgehead atoms. The normalized spacial score (nSPS) is 20.6. The first-order valence-electron chi connectivity index (χ1n) is 8.21. The molecule has 1 atom stereocenters. The van der Waals surface area contributed by atoms with Crippen LogP contribution >= 0.6 is 11.3 Å². The zero-order chi connectivity index (χ0) is 15.5. The molecule has 2 rings (SSSR count). The van der Waals surface area contributed by atoms with Gasteiger partial charge in [-0.2, -0.15) is 0 Å². The van der Waals surface area contributed by atoms with Crippen molar-refractivity contribution in [3.8, 4) is 0 Å². The highest BCUT2D eigenvalue weighted by atomic mass is 32.1. The zero-order valence-corrected chi connectivity index (χ0v) is 15.1. The Hall–Kier alpha value is -0.450. The van der Waals surface area contributed by atoms with Gasteiger partial charge in [0.15, 0.2) is 0 Å². The zero-order valence-electron chi connectivity index (χ0n) is 14.3. The Morgan fingerprint density at radius 3 is 2.81 bits per heavy atom. The van der Waals surface area contributed by atoms with Gasteiger partial charge in [-0.05, 0) is 36.8 Å². The first-order valence-corrected chi connectivity index (χ1v) is 9.09. The molecule has 4 heteroatoms. The van der Waals surface area contributed by atoms with E-state index < -0.39 is 0 Å². The van der Waals surface area contributed by atoms with Gasteiger partial charge in [-0.25, -0.2) is 4.98 Å². The van der Waals surface area contributed by atoms with Crippen molar-refractivity contribution < 1.29 is 0 Å². The lowest BCUT2D eigenvalue weighted by Crippen LogP contribution is -2.26. The van der Waals surface area contributed by atoms with Crippen LogP contribution in [0.25, 0.3) is 0 Å². The third-order valence-corrected chi connectivity index (χ3v) is 5.21.